The molecule has 27 heavy (non-hydrogen) atoms. The monoisotopic (exact) mass is 416 g/mol. The number of hydrogen-bond acceptors (Lipinski definition) is 7. The van der Waals surface area contributed by atoms with E-state index in [1.807, 2.05) is 13.8 Å². The van der Waals surface area contributed by atoms with E-state index in [0.717, 1.165) is 19.3 Å². The van der Waals surface area contributed by atoms with E-state index in [1.165, 1.54) is 19.2 Å². The van der Waals surface area contributed by atoms with Crippen LogP contribution in [0, 0.1) is 5.92 Å². The zero-order valence-electron chi connectivity index (χ0n) is 15.5. The molecule has 1 atom stereocenters. The van der Waals surface area contributed by atoms with Gasteiger partial charge in [0.15, 0.2) is 5.82 Å². The van der Waals surface area contributed by atoms with E-state index in [2.05, 4.69) is 14.9 Å². The molecule has 2 aromatic rings. The average Bonchev–Trinajstić information content (AvgIpc) is 3.07. The molecule has 0 radical (unpaired) electrons. The summed E-state index contributed by atoms with van der Waals surface area (Å²) < 4.78 is 38.5. The first-order valence-corrected chi connectivity index (χ1v) is 10.0. The minimum Gasteiger partial charge on any atom is -0.497 e. The second-order valence-corrected chi connectivity index (χ2v) is 8.70. The van der Waals surface area contributed by atoms with Crippen LogP contribution in [0.4, 0.5) is 0 Å². The van der Waals surface area contributed by atoms with Crippen LogP contribution in [0.3, 0.4) is 0 Å². The first-order chi connectivity index (χ1) is 12.2. The molecule has 1 heterocycles. The Bertz CT molecular complexity index is 863. The first-order valence-electron chi connectivity index (χ1n) is 8.54. The van der Waals surface area contributed by atoms with Crippen molar-refractivity contribution in [3.05, 3.63) is 36.0 Å². The Hall–Kier alpha value is -1.68. The van der Waals surface area contributed by atoms with E-state index in [-0.39, 0.29) is 29.1 Å². The first kappa shape index (κ1) is 21.6. The van der Waals surface area contributed by atoms with Gasteiger partial charge in [-0.15, -0.1) is 12.4 Å². The van der Waals surface area contributed by atoms with Gasteiger partial charge in [-0.3, -0.25) is 0 Å². The van der Waals surface area contributed by atoms with Crippen molar-refractivity contribution in [2.24, 2.45) is 11.7 Å². The molecule has 10 heteroatoms. The van der Waals surface area contributed by atoms with Crippen molar-refractivity contribution in [1.29, 1.82) is 0 Å². The summed E-state index contributed by atoms with van der Waals surface area (Å²) in [5, 5.41) is 3.98. The fraction of sp³-hybridized carbons (Fsp3) is 0.529. The summed E-state index contributed by atoms with van der Waals surface area (Å²) in [5.74, 6) is 1.16. The maximum absolute atomic E-state index is 12.7. The third-order valence-electron chi connectivity index (χ3n) is 4.72. The molecule has 0 bridgehead atoms. The van der Waals surface area contributed by atoms with Gasteiger partial charge in [0.2, 0.25) is 15.9 Å². The molecular weight excluding hydrogens is 392 g/mol. The Morgan fingerprint density at radius 1 is 1.26 bits per heavy atom. The van der Waals surface area contributed by atoms with Crippen LogP contribution in [-0.4, -0.2) is 25.7 Å². The summed E-state index contributed by atoms with van der Waals surface area (Å²) >= 11 is 0. The van der Waals surface area contributed by atoms with Crippen LogP contribution >= 0.6 is 12.4 Å². The highest BCUT2D eigenvalue weighted by atomic mass is 35.5. The fourth-order valence-electron chi connectivity index (χ4n) is 2.81. The molecule has 3 N–H and O–H groups in total. The number of hydrogen-bond donors (Lipinski definition) is 2. The van der Waals surface area contributed by atoms with Crippen molar-refractivity contribution in [2.75, 3.05) is 7.11 Å². The molecule has 1 aromatic carbocycles. The molecule has 150 valence electrons. The van der Waals surface area contributed by atoms with E-state index in [4.69, 9.17) is 15.0 Å². The third kappa shape index (κ3) is 4.43. The van der Waals surface area contributed by atoms with Gasteiger partial charge in [-0.1, -0.05) is 19.0 Å². The van der Waals surface area contributed by atoms with Crippen molar-refractivity contribution in [3.63, 3.8) is 0 Å². The van der Waals surface area contributed by atoms with Gasteiger partial charge < -0.3 is 15.0 Å². The minimum absolute atomic E-state index is 0. The lowest BCUT2D eigenvalue weighted by molar-refractivity contribution is 0.227. The van der Waals surface area contributed by atoms with Crippen molar-refractivity contribution in [1.82, 2.24) is 14.9 Å². The molecular formula is C17H25ClN4O4S. The summed E-state index contributed by atoms with van der Waals surface area (Å²) in [6.45, 7) is 3.76. The molecule has 1 aromatic heterocycles. The molecule has 0 saturated heterocycles. The van der Waals surface area contributed by atoms with Gasteiger partial charge in [0, 0.05) is 0 Å². The number of halogens is 1. The molecule has 1 aliphatic carbocycles. The van der Waals surface area contributed by atoms with Crippen molar-refractivity contribution in [2.45, 2.75) is 49.6 Å². The van der Waals surface area contributed by atoms with Gasteiger partial charge in [-0.25, -0.2) is 8.42 Å². The lowest BCUT2D eigenvalue weighted by Gasteiger charge is -2.34. The highest BCUT2D eigenvalue weighted by Gasteiger charge is 2.40. The fourth-order valence-corrected chi connectivity index (χ4v) is 4.14. The quantitative estimate of drug-likeness (QED) is 0.711. The number of sulfonamides is 1. The van der Waals surface area contributed by atoms with Gasteiger partial charge in [0.05, 0.1) is 17.5 Å². The second kappa shape index (κ2) is 8.14. The van der Waals surface area contributed by atoms with Gasteiger partial charge in [0.1, 0.15) is 11.8 Å². The molecule has 0 spiro atoms. The number of methoxy groups -OCH3 is 1. The Balaban J connectivity index is 0.00000261. The zero-order chi connectivity index (χ0) is 18.9. The van der Waals surface area contributed by atoms with Gasteiger partial charge in [-0.2, -0.15) is 9.71 Å². The van der Waals surface area contributed by atoms with E-state index in [1.54, 1.807) is 12.1 Å². The third-order valence-corrected chi connectivity index (χ3v) is 6.17. The highest BCUT2D eigenvalue weighted by Crippen LogP contribution is 2.37. The zero-order valence-corrected chi connectivity index (χ0v) is 17.1. The topological polar surface area (TPSA) is 120 Å². The van der Waals surface area contributed by atoms with Crippen LogP contribution in [0.5, 0.6) is 5.75 Å². The van der Waals surface area contributed by atoms with Crippen molar-refractivity contribution in [3.8, 4) is 5.75 Å². The smallest absolute Gasteiger partial charge is 0.245 e. The molecule has 8 nitrogen and oxygen atoms in total. The number of rotatable bonds is 7. The van der Waals surface area contributed by atoms with Crippen LogP contribution in [0.2, 0.25) is 0 Å². The summed E-state index contributed by atoms with van der Waals surface area (Å²) in [6, 6.07) is 5.52. The number of aromatic nitrogens is 2. The number of nitrogens with one attached hydrogen (secondary N) is 1. The summed E-state index contributed by atoms with van der Waals surface area (Å²) in [6.07, 6.45) is 2.63. The molecule has 1 unspecified atom stereocenters. The van der Waals surface area contributed by atoms with Crippen molar-refractivity contribution >= 4 is 22.4 Å². The maximum Gasteiger partial charge on any atom is 0.245 e. The average molecular weight is 417 g/mol. The molecule has 1 saturated carbocycles. The van der Waals surface area contributed by atoms with Gasteiger partial charge in [-0.05, 0) is 49.4 Å². The molecule has 0 amide bonds. The van der Waals surface area contributed by atoms with E-state index in [0.29, 0.717) is 11.6 Å². The highest BCUT2D eigenvalue weighted by molar-refractivity contribution is 7.89. The number of nitrogens with zero attached hydrogens (tertiary/aromatic N) is 2. The van der Waals surface area contributed by atoms with Crippen LogP contribution in [-0.2, 0) is 15.6 Å². The van der Waals surface area contributed by atoms with Crippen LogP contribution < -0.4 is 15.2 Å². The van der Waals surface area contributed by atoms with Crippen LogP contribution in [0.1, 0.15) is 50.9 Å². The molecule has 3 rings (SSSR count). The Labute approximate surface area is 165 Å². The predicted molar refractivity (Wildman–Crippen MR) is 102 cm³/mol. The van der Waals surface area contributed by atoms with E-state index < -0.39 is 21.6 Å². The Morgan fingerprint density at radius 3 is 2.37 bits per heavy atom. The summed E-state index contributed by atoms with van der Waals surface area (Å²) in [7, 11) is -2.24. The number of nitrogens with two attached hydrogens (primary N) is 1. The van der Waals surface area contributed by atoms with Crippen LogP contribution in [0.25, 0.3) is 0 Å². The largest absolute Gasteiger partial charge is 0.497 e. The summed E-state index contributed by atoms with van der Waals surface area (Å²) in [4.78, 5) is 4.52. The van der Waals surface area contributed by atoms with E-state index in [9.17, 15) is 8.42 Å². The predicted octanol–water partition coefficient (Wildman–Crippen LogP) is 2.51. The maximum atomic E-state index is 12.7. The SMILES string of the molecule is COc1ccc(S(=O)(=O)NC(c2nc(C3(N)CCC3)no2)C(C)C)cc1.Cl. The Kier molecular flexibility index (Phi) is 6.51. The van der Waals surface area contributed by atoms with Crippen LogP contribution in [0.15, 0.2) is 33.7 Å². The minimum atomic E-state index is -3.76. The van der Waals surface area contributed by atoms with E-state index >= 15 is 0 Å². The molecule has 1 aliphatic rings. The van der Waals surface area contributed by atoms with Gasteiger partial charge in [0.25, 0.3) is 0 Å². The van der Waals surface area contributed by atoms with Gasteiger partial charge >= 0.3 is 0 Å². The lowest BCUT2D eigenvalue weighted by atomic mass is 9.77. The number of ether oxygens (including phenoxy) is 1. The molecule has 0 aliphatic heterocycles. The Morgan fingerprint density at radius 2 is 1.89 bits per heavy atom. The van der Waals surface area contributed by atoms with Crippen molar-refractivity contribution < 1.29 is 17.7 Å². The second-order valence-electron chi connectivity index (χ2n) is 6.98. The number of benzene rings is 1. The normalized spacial score (nSPS) is 17.1. The standard InChI is InChI=1S/C17H24N4O4S.ClH/c1-11(2)14(15-19-16(20-25-15)17(18)9-4-10-17)21-26(22,23)13-7-5-12(24-3)6-8-13;/h5-8,11,14,21H,4,9-10,18H2,1-3H3;1H. The molecule has 1 fully saturated rings. The summed E-state index contributed by atoms with van der Waals surface area (Å²) in [5.41, 5.74) is 5.67. The lowest BCUT2D eigenvalue weighted by Crippen LogP contribution is -2.44.